The lowest BCUT2D eigenvalue weighted by atomic mass is 10.1. The van der Waals surface area contributed by atoms with Gasteiger partial charge in [0.1, 0.15) is 5.82 Å². The number of rotatable bonds is 7. The van der Waals surface area contributed by atoms with Gasteiger partial charge in [-0.1, -0.05) is 22.0 Å². The Balaban J connectivity index is 2.19. The number of amides is 1. The highest BCUT2D eigenvalue weighted by Crippen LogP contribution is 2.34. The Morgan fingerprint density at radius 1 is 1.12 bits per heavy atom. The summed E-state index contributed by atoms with van der Waals surface area (Å²) in [5.74, 6) is 0.429. The van der Waals surface area contributed by atoms with E-state index < -0.39 is 5.82 Å². The highest BCUT2D eigenvalue weighted by atomic mass is 79.9. The van der Waals surface area contributed by atoms with E-state index in [-0.39, 0.29) is 18.0 Å². The molecule has 0 aliphatic heterocycles. The van der Waals surface area contributed by atoms with Gasteiger partial charge in [-0.25, -0.2) is 4.39 Å². The van der Waals surface area contributed by atoms with Crippen molar-refractivity contribution in [1.82, 2.24) is 0 Å². The molecule has 0 aliphatic carbocycles. The third-order valence-corrected chi connectivity index (χ3v) is 4.20. The molecule has 25 heavy (non-hydrogen) atoms. The summed E-state index contributed by atoms with van der Waals surface area (Å²) in [6, 6.07) is 8.15. The zero-order valence-electron chi connectivity index (χ0n) is 14.5. The lowest BCUT2D eigenvalue weighted by Gasteiger charge is -2.14. The molecule has 0 atom stereocenters. The number of halogens is 2. The summed E-state index contributed by atoms with van der Waals surface area (Å²) in [6.07, 6.45) is 0.0838. The van der Waals surface area contributed by atoms with Gasteiger partial charge in [0, 0.05) is 4.47 Å². The van der Waals surface area contributed by atoms with Crippen LogP contribution in [0.3, 0.4) is 0 Å². The van der Waals surface area contributed by atoms with Gasteiger partial charge in [-0.3, -0.25) is 4.79 Å². The van der Waals surface area contributed by atoms with Crippen LogP contribution in [0.4, 0.5) is 10.1 Å². The summed E-state index contributed by atoms with van der Waals surface area (Å²) in [6.45, 7) is 6.61. The van der Waals surface area contributed by atoms with Crippen molar-refractivity contribution in [2.45, 2.75) is 27.2 Å². The highest BCUT2D eigenvalue weighted by Gasteiger charge is 2.14. The molecule has 2 rings (SSSR count). The second kappa shape index (κ2) is 8.85. The minimum Gasteiger partial charge on any atom is -0.490 e. The van der Waals surface area contributed by atoms with Gasteiger partial charge in [-0.2, -0.15) is 0 Å². The SMILES string of the molecule is CCOc1cc(Br)c(CC(=O)Nc2cc(C)ccc2F)cc1OCC. The zero-order chi connectivity index (χ0) is 18.4. The number of carbonyl (C=O) groups excluding carboxylic acids is 1. The molecule has 0 unspecified atom stereocenters. The van der Waals surface area contributed by atoms with Gasteiger partial charge in [0.05, 0.1) is 25.3 Å². The second-order valence-corrected chi connectivity index (χ2v) is 6.32. The Morgan fingerprint density at radius 2 is 1.76 bits per heavy atom. The molecule has 0 radical (unpaired) electrons. The number of hydrogen-bond acceptors (Lipinski definition) is 3. The van der Waals surface area contributed by atoms with Gasteiger partial charge >= 0.3 is 0 Å². The summed E-state index contributed by atoms with van der Waals surface area (Å²) in [5, 5.41) is 2.61. The fraction of sp³-hybridized carbons (Fsp3) is 0.316. The van der Waals surface area contributed by atoms with E-state index in [0.29, 0.717) is 24.7 Å². The number of ether oxygens (including phenoxy) is 2. The van der Waals surface area contributed by atoms with Gasteiger partial charge in [0.2, 0.25) is 5.91 Å². The molecule has 0 bridgehead atoms. The summed E-state index contributed by atoms with van der Waals surface area (Å²) in [4.78, 5) is 12.3. The first kappa shape index (κ1) is 19.2. The fourth-order valence-corrected chi connectivity index (χ4v) is 2.81. The first-order valence-corrected chi connectivity index (χ1v) is 8.87. The minimum atomic E-state index is -0.459. The predicted octanol–water partition coefficient (Wildman–Crippen LogP) is 4.88. The summed E-state index contributed by atoms with van der Waals surface area (Å²) in [5.41, 5.74) is 1.78. The Hall–Kier alpha value is -2.08. The van der Waals surface area contributed by atoms with E-state index in [1.54, 1.807) is 24.3 Å². The quantitative estimate of drug-likeness (QED) is 0.708. The van der Waals surface area contributed by atoms with Crippen molar-refractivity contribution in [3.05, 3.63) is 51.7 Å². The number of anilines is 1. The molecule has 0 saturated heterocycles. The molecular weight excluding hydrogens is 389 g/mol. The van der Waals surface area contributed by atoms with Gasteiger partial charge < -0.3 is 14.8 Å². The monoisotopic (exact) mass is 409 g/mol. The largest absolute Gasteiger partial charge is 0.490 e. The van der Waals surface area contributed by atoms with Crippen molar-refractivity contribution in [3.63, 3.8) is 0 Å². The van der Waals surface area contributed by atoms with E-state index in [9.17, 15) is 9.18 Å². The maximum absolute atomic E-state index is 13.8. The topological polar surface area (TPSA) is 47.6 Å². The van der Waals surface area contributed by atoms with Gasteiger partial charge in [0.15, 0.2) is 11.5 Å². The molecule has 0 spiro atoms. The van der Waals surface area contributed by atoms with Crippen LogP contribution in [0.5, 0.6) is 11.5 Å². The molecule has 1 N–H and O–H groups in total. The summed E-state index contributed by atoms with van der Waals surface area (Å²) < 4.78 is 25.7. The lowest BCUT2D eigenvalue weighted by molar-refractivity contribution is -0.115. The van der Waals surface area contributed by atoms with E-state index in [4.69, 9.17) is 9.47 Å². The third-order valence-electron chi connectivity index (χ3n) is 3.46. The molecule has 0 heterocycles. The normalized spacial score (nSPS) is 10.4. The van der Waals surface area contributed by atoms with E-state index >= 15 is 0 Å². The van der Waals surface area contributed by atoms with Gasteiger partial charge in [-0.15, -0.1) is 0 Å². The van der Waals surface area contributed by atoms with Crippen molar-refractivity contribution in [2.75, 3.05) is 18.5 Å². The van der Waals surface area contributed by atoms with Crippen LogP contribution in [0.1, 0.15) is 25.0 Å². The molecule has 0 fully saturated rings. The molecule has 0 aromatic heterocycles. The predicted molar refractivity (Wildman–Crippen MR) is 100.0 cm³/mol. The minimum absolute atomic E-state index is 0.0838. The molecule has 1 amide bonds. The van der Waals surface area contributed by atoms with Crippen LogP contribution >= 0.6 is 15.9 Å². The molecule has 2 aromatic carbocycles. The number of aryl methyl sites for hydroxylation is 1. The Labute approximate surface area is 155 Å². The number of carbonyl (C=O) groups is 1. The van der Waals surface area contributed by atoms with E-state index in [0.717, 1.165) is 15.6 Å². The van der Waals surface area contributed by atoms with Crippen LogP contribution in [0.15, 0.2) is 34.8 Å². The van der Waals surface area contributed by atoms with E-state index in [2.05, 4.69) is 21.2 Å². The van der Waals surface area contributed by atoms with Crippen LogP contribution in [0, 0.1) is 12.7 Å². The van der Waals surface area contributed by atoms with Crippen molar-refractivity contribution in [1.29, 1.82) is 0 Å². The fourth-order valence-electron chi connectivity index (χ4n) is 2.35. The van der Waals surface area contributed by atoms with Crippen LogP contribution in [0.25, 0.3) is 0 Å². The first-order chi connectivity index (χ1) is 11.9. The van der Waals surface area contributed by atoms with E-state index in [1.807, 2.05) is 20.8 Å². The molecule has 2 aromatic rings. The standard InChI is InChI=1S/C19H21BrFNO3/c1-4-24-17-9-13(14(20)11-18(17)25-5-2)10-19(23)22-16-8-12(3)6-7-15(16)21/h6-9,11H,4-5,10H2,1-3H3,(H,22,23). The Kier molecular flexibility index (Phi) is 6.82. The summed E-state index contributed by atoms with van der Waals surface area (Å²) >= 11 is 3.45. The second-order valence-electron chi connectivity index (χ2n) is 5.46. The first-order valence-electron chi connectivity index (χ1n) is 8.08. The molecule has 0 aliphatic rings. The number of benzene rings is 2. The lowest BCUT2D eigenvalue weighted by Crippen LogP contribution is -2.16. The van der Waals surface area contributed by atoms with Gasteiger partial charge in [-0.05, 0) is 56.2 Å². The Bertz CT molecular complexity index is 765. The molecular formula is C19H21BrFNO3. The van der Waals surface area contributed by atoms with E-state index in [1.165, 1.54) is 6.07 Å². The van der Waals surface area contributed by atoms with Crippen LogP contribution in [-0.2, 0) is 11.2 Å². The average molecular weight is 410 g/mol. The maximum atomic E-state index is 13.8. The number of nitrogens with one attached hydrogen (secondary N) is 1. The molecule has 0 saturated carbocycles. The third kappa shape index (κ3) is 5.19. The smallest absolute Gasteiger partial charge is 0.228 e. The van der Waals surface area contributed by atoms with Gasteiger partial charge in [0.25, 0.3) is 0 Å². The zero-order valence-corrected chi connectivity index (χ0v) is 16.1. The van der Waals surface area contributed by atoms with Crippen LogP contribution in [0.2, 0.25) is 0 Å². The maximum Gasteiger partial charge on any atom is 0.228 e. The van der Waals surface area contributed by atoms with Crippen molar-refractivity contribution in [2.24, 2.45) is 0 Å². The van der Waals surface area contributed by atoms with Crippen molar-refractivity contribution in [3.8, 4) is 11.5 Å². The molecule has 4 nitrogen and oxygen atoms in total. The molecule has 134 valence electrons. The average Bonchev–Trinajstić information content (AvgIpc) is 2.55. The van der Waals surface area contributed by atoms with Crippen LogP contribution in [-0.4, -0.2) is 19.1 Å². The highest BCUT2D eigenvalue weighted by molar-refractivity contribution is 9.10. The van der Waals surface area contributed by atoms with Crippen molar-refractivity contribution < 1.29 is 18.7 Å². The molecule has 6 heteroatoms. The van der Waals surface area contributed by atoms with Crippen LogP contribution < -0.4 is 14.8 Å². The van der Waals surface area contributed by atoms with Crippen molar-refractivity contribution >= 4 is 27.5 Å². The summed E-state index contributed by atoms with van der Waals surface area (Å²) in [7, 11) is 0. The Morgan fingerprint density at radius 3 is 2.40 bits per heavy atom. The number of hydrogen-bond donors (Lipinski definition) is 1.